The molecule has 0 aliphatic carbocycles. The number of ketones is 1. The van der Waals surface area contributed by atoms with Crippen molar-refractivity contribution in [1.82, 2.24) is 0 Å². The molecule has 1 aliphatic heterocycles. The topological polar surface area (TPSA) is 44.8 Å². The molecular weight excluding hydrogens is 339 g/mol. The zero-order chi connectivity index (χ0) is 19.7. The maximum Gasteiger partial charge on any atom is 0.494 e. The highest BCUT2D eigenvalue weighted by Gasteiger charge is 2.51. The van der Waals surface area contributed by atoms with Gasteiger partial charge in [-0.25, -0.2) is 0 Å². The number of benzene rings is 2. The van der Waals surface area contributed by atoms with Crippen molar-refractivity contribution in [3.05, 3.63) is 59.7 Å². The van der Waals surface area contributed by atoms with Crippen molar-refractivity contribution >= 4 is 18.4 Å². The predicted octanol–water partition coefficient (Wildman–Crippen LogP) is 3.81. The molecule has 1 heterocycles. The van der Waals surface area contributed by atoms with Crippen LogP contribution in [-0.2, 0) is 15.7 Å². The zero-order valence-electron chi connectivity index (χ0n) is 16.7. The fourth-order valence-corrected chi connectivity index (χ4v) is 3.09. The number of carbonyl (C=O) groups excluding carboxylic acids is 1. The molecule has 4 nitrogen and oxygen atoms in total. The summed E-state index contributed by atoms with van der Waals surface area (Å²) in [6.07, 6.45) is 1.12. The number of ether oxygens (including phenoxy) is 1. The lowest BCUT2D eigenvalue weighted by molar-refractivity contribution is 0.00578. The number of para-hydroxylation sites is 1. The molecule has 1 aliphatic rings. The molecular formula is C22H27BO4. The molecule has 0 aromatic heterocycles. The molecule has 0 N–H and O–H groups in total. The molecule has 1 saturated heterocycles. The van der Waals surface area contributed by atoms with Gasteiger partial charge in [-0.05, 0) is 57.3 Å². The zero-order valence-corrected chi connectivity index (χ0v) is 16.7. The summed E-state index contributed by atoms with van der Waals surface area (Å²) in [7, 11) is 1.22. The second-order valence-electron chi connectivity index (χ2n) is 7.95. The average molecular weight is 366 g/mol. The second-order valence-corrected chi connectivity index (χ2v) is 7.95. The maximum atomic E-state index is 12.5. The van der Waals surface area contributed by atoms with Crippen LogP contribution in [0.25, 0.3) is 0 Å². The number of rotatable bonds is 6. The van der Waals surface area contributed by atoms with Gasteiger partial charge in [0.1, 0.15) is 5.75 Å². The van der Waals surface area contributed by atoms with Gasteiger partial charge in [-0.1, -0.05) is 36.4 Å². The summed E-state index contributed by atoms with van der Waals surface area (Å²) in [6, 6.07) is 15.5. The number of carbonyl (C=O) groups is 1. The van der Waals surface area contributed by atoms with E-state index in [1.165, 1.54) is 0 Å². The van der Waals surface area contributed by atoms with Gasteiger partial charge in [0.05, 0.1) is 23.9 Å². The standard InChI is InChI=1S/C22H27BO4/c1-21(2)22(3,4)27-23(26-21)17-13-10-16(11-14-17)12-15-19(24)18-8-6-7-9-20(18)25-5/h6-11,13-14H,12,15H2,1-5H3. The van der Waals surface area contributed by atoms with Crippen molar-refractivity contribution in [2.75, 3.05) is 7.11 Å². The minimum atomic E-state index is -0.362. The van der Waals surface area contributed by atoms with Gasteiger partial charge < -0.3 is 14.0 Å². The van der Waals surface area contributed by atoms with Gasteiger partial charge in [-0.15, -0.1) is 0 Å². The highest BCUT2D eigenvalue weighted by atomic mass is 16.7. The Morgan fingerprint density at radius 2 is 1.56 bits per heavy atom. The minimum Gasteiger partial charge on any atom is -0.496 e. The lowest BCUT2D eigenvalue weighted by atomic mass is 9.78. The van der Waals surface area contributed by atoms with E-state index in [-0.39, 0.29) is 24.1 Å². The van der Waals surface area contributed by atoms with E-state index in [0.717, 1.165) is 11.0 Å². The molecule has 2 aromatic rings. The number of hydrogen-bond acceptors (Lipinski definition) is 4. The SMILES string of the molecule is COc1ccccc1C(=O)CCc1ccc(B2OC(C)(C)C(C)(C)O2)cc1. The third-order valence-electron chi connectivity index (χ3n) is 5.55. The van der Waals surface area contributed by atoms with Gasteiger partial charge in [-0.2, -0.15) is 0 Å². The Labute approximate surface area is 162 Å². The van der Waals surface area contributed by atoms with E-state index in [1.807, 2.05) is 76.2 Å². The molecule has 0 atom stereocenters. The van der Waals surface area contributed by atoms with Gasteiger partial charge in [0.25, 0.3) is 0 Å². The summed E-state index contributed by atoms with van der Waals surface area (Å²) in [5, 5.41) is 0. The van der Waals surface area contributed by atoms with Crippen LogP contribution in [0.5, 0.6) is 5.75 Å². The van der Waals surface area contributed by atoms with E-state index >= 15 is 0 Å². The molecule has 0 amide bonds. The summed E-state index contributed by atoms with van der Waals surface area (Å²) >= 11 is 0. The Hall–Kier alpha value is -2.11. The summed E-state index contributed by atoms with van der Waals surface area (Å²) in [6.45, 7) is 8.19. The Bertz CT molecular complexity index is 795. The highest BCUT2D eigenvalue weighted by molar-refractivity contribution is 6.62. The molecule has 0 spiro atoms. The Morgan fingerprint density at radius 1 is 0.963 bits per heavy atom. The fourth-order valence-electron chi connectivity index (χ4n) is 3.09. The summed E-state index contributed by atoms with van der Waals surface area (Å²) in [5.74, 6) is 0.709. The first kappa shape index (κ1) is 19.7. The number of methoxy groups -OCH3 is 1. The number of aryl methyl sites for hydroxylation is 1. The lowest BCUT2D eigenvalue weighted by Crippen LogP contribution is -2.41. The van der Waals surface area contributed by atoms with Crippen LogP contribution in [0.1, 0.15) is 50.0 Å². The molecule has 142 valence electrons. The van der Waals surface area contributed by atoms with Gasteiger partial charge in [0.15, 0.2) is 5.78 Å². The van der Waals surface area contributed by atoms with Crippen molar-refractivity contribution in [2.45, 2.75) is 51.7 Å². The molecule has 2 aromatic carbocycles. The third kappa shape index (κ3) is 4.09. The number of hydrogen-bond donors (Lipinski definition) is 0. The fraction of sp³-hybridized carbons (Fsp3) is 0.409. The van der Waals surface area contributed by atoms with Gasteiger partial charge >= 0.3 is 7.12 Å². The van der Waals surface area contributed by atoms with Crippen molar-refractivity contribution in [3.63, 3.8) is 0 Å². The molecule has 5 heteroatoms. The van der Waals surface area contributed by atoms with Crippen LogP contribution in [0.4, 0.5) is 0 Å². The second kappa shape index (κ2) is 7.49. The Balaban J connectivity index is 1.63. The first-order valence-corrected chi connectivity index (χ1v) is 9.34. The van der Waals surface area contributed by atoms with Crippen molar-refractivity contribution in [2.24, 2.45) is 0 Å². The summed E-state index contributed by atoms with van der Waals surface area (Å²) < 4.78 is 17.4. The molecule has 3 rings (SSSR count). The minimum absolute atomic E-state index is 0.0856. The summed E-state index contributed by atoms with van der Waals surface area (Å²) in [4.78, 5) is 12.5. The Kier molecular flexibility index (Phi) is 5.45. The highest BCUT2D eigenvalue weighted by Crippen LogP contribution is 2.36. The van der Waals surface area contributed by atoms with Gasteiger partial charge in [-0.3, -0.25) is 4.79 Å². The summed E-state index contributed by atoms with van der Waals surface area (Å²) in [5.41, 5.74) is 2.04. The first-order chi connectivity index (χ1) is 12.7. The molecule has 0 unspecified atom stereocenters. The quantitative estimate of drug-likeness (QED) is 0.576. The first-order valence-electron chi connectivity index (χ1n) is 9.34. The van der Waals surface area contributed by atoms with Crippen molar-refractivity contribution in [3.8, 4) is 5.75 Å². The molecule has 0 bridgehead atoms. The van der Waals surface area contributed by atoms with Crippen LogP contribution in [0.15, 0.2) is 48.5 Å². The van der Waals surface area contributed by atoms with E-state index in [2.05, 4.69) is 0 Å². The Morgan fingerprint density at radius 3 is 2.15 bits per heavy atom. The van der Waals surface area contributed by atoms with Crippen molar-refractivity contribution < 1.29 is 18.8 Å². The van der Waals surface area contributed by atoms with Gasteiger partial charge in [0.2, 0.25) is 0 Å². The average Bonchev–Trinajstić information content (AvgIpc) is 2.87. The van der Waals surface area contributed by atoms with Crippen LogP contribution >= 0.6 is 0 Å². The normalized spacial score (nSPS) is 17.7. The van der Waals surface area contributed by atoms with Crippen LogP contribution < -0.4 is 10.2 Å². The van der Waals surface area contributed by atoms with E-state index in [0.29, 0.717) is 24.2 Å². The van der Waals surface area contributed by atoms with Crippen LogP contribution in [0.3, 0.4) is 0 Å². The van der Waals surface area contributed by atoms with Crippen LogP contribution in [0.2, 0.25) is 0 Å². The molecule has 1 fully saturated rings. The smallest absolute Gasteiger partial charge is 0.494 e. The third-order valence-corrected chi connectivity index (χ3v) is 5.55. The monoisotopic (exact) mass is 366 g/mol. The van der Waals surface area contributed by atoms with E-state index in [4.69, 9.17) is 14.0 Å². The molecule has 0 radical (unpaired) electrons. The van der Waals surface area contributed by atoms with Crippen LogP contribution in [-0.4, -0.2) is 31.2 Å². The van der Waals surface area contributed by atoms with Crippen LogP contribution in [0, 0.1) is 0 Å². The molecule has 27 heavy (non-hydrogen) atoms. The molecule has 0 saturated carbocycles. The lowest BCUT2D eigenvalue weighted by Gasteiger charge is -2.32. The maximum absolute atomic E-state index is 12.5. The predicted molar refractivity (Wildman–Crippen MR) is 108 cm³/mol. The van der Waals surface area contributed by atoms with E-state index in [9.17, 15) is 4.79 Å². The largest absolute Gasteiger partial charge is 0.496 e. The van der Waals surface area contributed by atoms with Gasteiger partial charge in [0, 0.05) is 6.42 Å². The number of Topliss-reactive ketones (excluding diaryl/α,β-unsaturated/α-hetero) is 1. The van der Waals surface area contributed by atoms with Crippen molar-refractivity contribution in [1.29, 1.82) is 0 Å². The van der Waals surface area contributed by atoms with E-state index < -0.39 is 0 Å². The van der Waals surface area contributed by atoms with E-state index in [1.54, 1.807) is 7.11 Å².